The van der Waals surface area contributed by atoms with Crippen molar-refractivity contribution in [3.8, 4) is 0 Å². The highest BCUT2D eigenvalue weighted by molar-refractivity contribution is 7.91. The number of rotatable bonds is 10. The molecule has 22 heavy (non-hydrogen) atoms. The molecule has 0 radical (unpaired) electrons. The summed E-state index contributed by atoms with van der Waals surface area (Å²) in [5, 5.41) is 0. The lowest BCUT2D eigenvalue weighted by molar-refractivity contribution is 0.586. The molecule has 1 nitrogen and oxygen atoms in total. The summed E-state index contributed by atoms with van der Waals surface area (Å²) in [6.45, 7) is 0. The van der Waals surface area contributed by atoms with E-state index in [1.165, 1.54) is 11.1 Å². The summed E-state index contributed by atoms with van der Waals surface area (Å²) in [5.41, 5.74) is 2.77. The summed E-state index contributed by atoms with van der Waals surface area (Å²) >= 11 is -0.636. The summed E-state index contributed by atoms with van der Waals surface area (Å²) in [6.07, 6.45) is 6.62. The summed E-state index contributed by atoms with van der Waals surface area (Å²) in [4.78, 5) is 0. The van der Waals surface area contributed by atoms with Gasteiger partial charge >= 0.3 is 0 Å². The van der Waals surface area contributed by atoms with Crippen LogP contribution in [0.5, 0.6) is 0 Å². The van der Waals surface area contributed by atoms with E-state index in [-0.39, 0.29) is 0 Å². The second-order valence-corrected chi connectivity index (χ2v) is 7.43. The topological polar surface area (TPSA) is 23.1 Å². The van der Waals surface area contributed by atoms with Crippen molar-refractivity contribution in [1.82, 2.24) is 0 Å². The zero-order valence-corrected chi connectivity index (χ0v) is 14.1. The maximum atomic E-state index is 12.0. The number of unbranched alkanes of at least 4 members (excludes halogenated alkanes) is 2. The molecule has 0 N–H and O–H groups in total. The molecular formula is C20H26OS. The summed E-state index contributed by atoms with van der Waals surface area (Å²) in [7, 11) is 0. The first-order chi connectivity index (χ1) is 10.8. The van der Waals surface area contributed by atoms with E-state index in [2.05, 4.69) is 48.5 Å². The third-order valence-corrected chi connectivity index (χ3v) is 5.35. The van der Waals surface area contributed by atoms with Gasteiger partial charge in [-0.3, -0.25) is 0 Å². The summed E-state index contributed by atoms with van der Waals surface area (Å²) < 4.78 is 12.0. The highest BCUT2D eigenvalue weighted by Crippen LogP contribution is 2.09. The van der Waals surface area contributed by atoms with Crippen LogP contribution in [0, 0.1) is 0 Å². The van der Waals surface area contributed by atoms with E-state index in [9.17, 15) is 4.55 Å². The fraction of sp³-hybridized carbons (Fsp3) is 0.400. The average molecular weight is 314 g/mol. The molecule has 2 rings (SSSR count). The molecule has 0 aliphatic rings. The highest BCUT2D eigenvalue weighted by atomic mass is 32.2. The van der Waals surface area contributed by atoms with Crippen LogP contribution < -0.4 is 0 Å². The molecule has 0 unspecified atom stereocenters. The van der Waals surface area contributed by atoms with Crippen molar-refractivity contribution in [3.05, 3.63) is 71.8 Å². The Morgan fingerprint density at radius 2 is 1.00 bits per heavy atom. The minimum absolute atomic E-state index is 0.636. The van der Waals surface area contributed by atoms with E-state index < -0.39 is 11.2 Å². The Morgan fingerprint density at radius 1 is 0.591 bits per heavy atom. The predicted octanol–water partition coefficient (Wildman–Crippen LogP) is 4.78. The minimum Gasteiger partial charge on any atom is -0.616 e. The molecule has 2 aromatic carbocycles. The van der Waals surface area contributed by atoms with E-state index in [4.69, 9.17) is 0 Å². The monoisotopic (exact) mass is 314 g/mol. The zero-order chi connectivity index (χ0) is 15.5. The fourth-order valence-corrected chi connectivity index (χ4v) is 3.83. The first-order valence-electron chi connectivity index (χ1n) is 8.27. The van der Waals surface area contributed by atoms with Gasteiger partial charge in [0.2, 0.25) is 0 Å². The SMILES string of the molecule is [O-][S+](CCCCc1ccccc1)CCCCc1ccccc1. The molecule has 0 heterocycles. The van der Waals surface area contributed by atoms with Crippen LogP contribution in [0.1, 0.15) is 36.8 Å². The van der Waals surface area contributed by atoms with Crippen molar-refractivity contribution in [2.75, 3.05) is 11.5 Å². The largest absolute Gasteiger partial charge is 0.616 e. The molecule has 0 bridgehead atoms. The van der Waals surface area contributed by atoms with Crippen molar-refractivity contribution in [2.45, 2.75) is 38.5 Å². The second-order valence-electron chi connectivity index (χ2n) is 5.73. The Balaban J connectivity index is 1.48. The minimum atomic E-state index is -0.636. The van der Waals surface area contributed by atoms with Crippen LogP contribution in [-0.2, 0) is 24.0 Å². The van der Waals surface area contributed by atoms with Gasteiger partial charge in [-0.05, 0) is 49.7 Å². The molecule has 0 saturated carbocycles. The molecule has 2 heteroatoms. The van der Waals surface area contributed by atoms with Gasteiger partial charge in [0.05, 0.1) is 0 Å². The Bertz CT molecular complexity index is 450. The summed E-state index contributed by atoms with van der Waals surface area (Å²) in [5.74, 6) is 1.72. The third-order valence-electron chi connectivity index (χ3n) is 3.86. The standard InChI is InChI=1S/C20H26OS/c21-22(17-9-7-15-19-11-3-1-4-12-19)18-10-8-16-20-13-5-2-6-14-20/h1-6,11-14H,7-10,15-18H2. The highest BCUT2D eigenvalue weighted by Gasteiger charge is 2.05. The molecule has 0 spiro atoms. The van der Waals surface area contributed by atoms with Gasteiger partial charge in [0, 0.05) is 0 Å². The van der Waals surface area contributed by atoms with Crippen molar-refractivity contribution < 1.29 is 4.55 Å². The molecule has 0 fully saturated rings. The predicted molar refractivity (Wildman–Crippen MR) is 96.6 cm³/mol. The average Bonchev–Trinajstić information content (AvgIpc) is 2.57. The number of aryl methyl sites for hydroxylation is 2. The molecule has 0 aliphatic carbocycles. The van der Waals surface area contributed by atoms with E-state index in [1.54, 1.807) is 0 Å². The van der Waals surface area contributed by atoms with E-state index in [0.29, 0.717) is 0 Å². The lowest BCUT2D eigenvalue weighted by Gasteiger charge is -2.11. The van der Waals surface area contributed by atoms with Crippen LogP contribution in [0.4, 0.5) is 0 Å². The maximum Gasteiger partial charge on any atom is 0.105 e. The van der Waals surface area contributed by atoms with Gasteiger partial charge in [0.15, 0.2) is 0 Å². The Morgan fingerprint density at radius 3 is 1.41 bits per heavy atom. The molecule has 118 valence electrons. The summed E-state index contributed by atoms with van der Waals surface area (Å²) in [6, 6.07) is 21.1. The Hall–Kier alpha value is -1.25. The normalized spacial score (nSPS) is 11.0. The van der Waals surface area contributed by atoms with Crippen LogP contribution in [0.2, 0.25) is 0 Å². The zero-order valence-electron chi connectivity index (χ0n) is 13.2. The number of benzene rings is 2. The van der Waals surface area contributed by atoms with Crippen LogP contribution >= 0.6 is 0 Å². The van der Waals surface area contributed by atoms with Crippen molar-refractivity contribution >= 4 is 11.2 Å². The molecule has 0 atom stereocenters. The van der Waals surface area contributed by atoms with Gasteiger partial charge in [-0.2, -0.15) is 0 Å². The van der Waals surface area contributed by atoms with Crippen molar-refractivity contribution in [3.63, 3.8) is 0 Å². The lowest BCUT2D eigenvalue weighted by Crippen LogP contribution is -2.11. The van der Waals surface area contributed by atoms with Gasteiger partial charge < -0.3 is 4.55 Å². The molecule has 0 amide bonds. The first-order valence-corrected chi connectivity index (χ1v) is 9.76. The van der Waals surface area contributed by atoms with Gasteiger partial charge in [0.1, 0.15) is 11.5 Å². The number of hydrogen-bond donors (Lipinski definition) is 0. The molecule has 2 aromatic rings. The Labute approximate surface area is 138 Å². The molecule has 0 aromatic heterocycles. The van der Waals surface area contributed by atoms with Gasteiger partial charge in [-0.25, -0.2) is 0 Å². The van der Waals surface area contributed by atoms with Gasteiger partial charge in [-0.1, -0.05) is 71.8 Å². The van der Waals surface area contributed by atoms with Crippen LogP contribution in [-0.4, -0.2) is 16.1 Å². The maximum absolute atomic E-state index is 12.0. The first kappa shape index (κ1) is 17.1. The van der Waals surface area contributed by atoms with E-state index in [0.717, 1.165) is 50.0 Å². The Kier molecular flexibility index (Phi) is 8.14. The van der Waals surface area contributed by atoms with Crippen LogP contribution in [0.3, 0.4) is 0 Å². The van der Waals surface area contributed by atoms with E-state index in [1.807, 2.05) is 12.1 Å². The van der Waals surface area contributed by atoms with Crippen LogP contribution in [0.25, 0.3) is 0 Å². The molecule has 0 saturated heterocycles. The van der Waals surface area contributed by atoms with Gasteiger partial charge in [0.25, 0.3) is 0 Å². The second kappa shape index (κ2) is 10.5. The van der Waals surface area contributed by atoms with Crippen molar-refractivity contribution in [2.24, 2.45) is 0 Å². The number of hydrogen-bond acceptors (Lipinski definition) is 1. The quantitative estimate of drug-likeness (QED) is 0.457. The van der Waals surface area contributed by atoms with Gasteiger partial charge in [-0.15, -0.1) is 0 Å². The lowest BCUT2D eigenvalue weighted by atomic mass is 10.1. The van der Waals surface area contributed by atoms with Crippen LogP contribution in [0.15, 0.2) is 60.7 Å². The van der Waals surface area contributed by atoms with E-state index >= 15 is 0 Å². The molecular weight excluding hydrogens is 288 g/mol. The smallest absolute Gasteiger partial charge is 0.105 e. The van der Waals surface area contributed by atoms with Crippen molar-refractivity contribution in [1.29, 1.82) is 0 Å². The molecule has 0 aliphatic heterocycles. The third kappa shape index (κ3) is 7.15. The fourth-order valence-electron chi connectivity index (χ4n) is 2.58.